The van der Waals surface area contributed by atoms with Crippen LogP contribution in [-0.4, -0.2) is 5.16 Å². The third-order valence-corrected chi connectivity index (χ3v) is 2.67. The predicted molar refractivity (Wildman–Crippen MR) is 45.3 cm³/mol. The van der Waals surface area contributed by atoms with Crippen molar-refractivity contribution in [1.82, 2.24) is 5.16 Å². The first-order chi connectivity index (χ1) is 5.83. The molecule has 0 amide bonds. The van der Waals surface area contributed by atoms with Crippen LogP contribution in [0.5, 0.6) is 0 Å². The summed E-state index contributed by atoms with van der Waals surface area (Å²) in [6, 6.07) is 0. The molecule has 0 aliphatic heterocycles. The third kappa shape index (κ3) is 1.00. The van der Waals surface area contributed by atoms with Gasteiger partial charge < -0.3 is 4.52 Å². The van der Waals surface area contributed by atoms with Gasteiger partial charge in [0.1, 0.15) is 5.76 Å². The molecule has 0 saturated carbocycles. The highest BCUT2D eigenvalue weighted by Crippen LogP contribution is 2.30. The topological polar surface area (TPSA) is 46.0 Å². The van der Waals surface area contributed by atoms with Gasteiger partial charge in [-0.25, -0.2) is 0 Å². The lowest BCUT2D eigenvalue weighted by Gasteiger charge is -2.17. The molecule has 1 aromatic heterocycles. The summed E-state index contributed by atoms with van der Waals surface area (Å²) in [6.07, 6.45) is 4.23. The van der Waals surface area contributed by atoms with Crippen LogP contribution in [0.3, 0.4) is 0 Å². The Morgan fingerprint density at radius 3 is 3.25 bits per heavy atom. The van der Waals surface area contributed by atoms with E-state index in [-0.39, 0.29) is 5.56 Å². The van der Waals surface area contributed by atoms with Gasteiger partial charge in [-0.1, -0.05) is 6.92 Å². The van der Waals surface area contributed by atoms with E-state index in [4.69, 9.17) is 4.52 Å². The fraction of sp³-hybridized carbons (Fsp3) is 0.667. The van der Waals surface area contributed by atoms with E-state index in [9.17, 15) is 4.79 Å². The van der Waals surface area contributed by atoms with Crippen molar-refractivity contribution in [2.45, 2.75) is 38.5 Å². The maximum Gasteiger partial charge on any atom is 0.283 e. The van der Waals surface area contributed by atoms with E-state index in [0.717, 1.165) is 37.0 Å². The summed E-state index contributed by atoms with van der Waals surface area (Å²) in [7, 11) is 0. The zero-order valence-corrected chi connectivity index (χ0v) is 7.22. The number of hydrogen-bond acceptors (Lipinski definition) is 2. The first kappa shape index (κ1) is 7.65. The molecule has 1 aliphatic rings. The summed E-state index contributed by atoms with van der Waals surface area (Å²) >= 11 is 0. The summed E-state index contributed by atoms with van der Waals surface area (Å²) < 4.78 is 5.08. The van der Waals surface area contributed by atoms with Gasteiger partial charge in [0.15, 0.2) is 0 Å². The van der Waals surface area contributed by atoms with Crippen molar-refractivity contribution in [3.05, 3.63) is 21.7 Å². The molecule has 1 heterocycles. The van der Waals surface area contributed by atoms with E-state index in [0.29, 0.717) is 5.92 Å². The fourth-order valence-electron chi connectivity index (χ4n) is 2.00. The van der Waals surface area contributed by atoms with Gasteiger partial charge >= 0.3 is 0 Å². The van der Waals surface area contributed by atoms with Gasteiger partial charge in [-0.3, -0.25) is 4.79 Å². The number of aryl methyl sites for hydroxylation is 1. The summed E-state index contributed by atoms with van der Waals surface area (Å²) in [6.45, 7) is 2.12. The first-order valence-electron chi connectivity index (χ1n) is 4.53. The highest BCUT2D eigenvalue weighted by atomic mass is 16.5. The zero-order valence-electron chi connectivity index (χ0n) is 7.22. The SMILES string of the molecule is CCC1CCCc2o[nH]c(=O)c21. The van der Waals surface area contributed by atoms with Gasteiger partial charge in [0.05, 0.1) is 5.56 Å². The van der Waals surface area contributed by atoms with E-state index < -0.39 is 0 Å². The van der Waals surface area contributed by atoms with Gasteiger partial charge in [0.25, 0.3) is 5.56 Å². The second kappa shape index (κ2) is 2.81. The standard InChI is InChI=1S/C9H13NO2/c1-2-6-4-3-5-7-8(6)9(11)10-12-7/h6H,2-5H2,1H3,(H,10,11). The lowest BCUT2D eigenvalue weighted by Crippen LogP contribution is -2.15. The average Bonchev–Trinajstić information content (AvgIpc) is 2.48. The van der Waals surface area contributed by atoms with Crippen LogP contribution in [0, 0.1) is 0 Å². The highest BCUT2D eigenvalue weighted by Gasteiger charge is 2.24. The Morgan fingerprint density at radius 2 is 2.50 bits per heavy atom. The minimum Gasteiger partial charge on any atom is -0.383 e. The predicted octanol–water partition coefficient (Wildman–Crippen LogP) is 1.80. The lowest BCUT2D eigenvalue weighted by atomic mass is 9.86. The van der Waals surface area contributed by atoms with Crippen molar-refractivity contribution in [3.63, 3.8) is 0 Å². The molecule has 2 rings (SSSR count). The minimum atomic E-state index is -0.0171. The Hall–Kier alpha value is -0.990. The largest absolute Gasteiger partial charge is 0.383 e. The van der Waals surface area contributed by atoms with E-state index in [1.807, 2.05) is 0 Å². The molecule has 1 aromatic rings. The monoisotopic (exact) mass is 167 g/mol. The molecule has 1 unspecified atom stereocenters. The molecular weight excluding hydrogens is 154 g/mol. The molecule has 0 spiro atoms. The normalized spacial score (nSPS) is 22.2. The molecule has 3 heteroatoms. The molecule has 0 aromatic carbocycles. The molecule has 1 N–H and O–H groups in total. The molecule has 66 valence electrons. The summed E-state index contributed by atoms with van der Waals surface area (Å²) in [5, 5.41) is 2.41. The number of fused-ring (bicyclic) bond motifs is 1. The number of H-pyrrole nitrogens is 1. The van der Waals surface area contributed by atoms with E-state index >= 15 is 0 Å². The van der Waals surface area contributed by atoms with Gasteiger partial charge in [0.2, 0.25) is 0 Å². The quantitative estimate of drug-likeness (QED) is 0.693. The van der Waals surface area contributed by atoms with E-state index in [2.05, 4.69) is 12.1 Å². The van der Waals surface area contributed by atoms with Gasteiger partial charge in [-0.2, -0.15) is 5.16 Å². The number of aromatic amines is 1. The van der Waals surface area contributed by atoms with Crippen molar-refractivity contribution in [1.29, 1.82) is 0 Å². The molecule has 12 heavy (non-hydrogen) atoms. The zero-order chi connectivity index (χ0) is 8.55. The maximum absolute atomic E-state index is 11.3. The number of hydrogen-bond donors (Lipinski definition) is 1. The summed E-state index contributed by atoms with van der Waals surface area (Å²) in [5.41, 5.74) is 0.889. The van der Waals surface area contributed by atoms with Gasteiger partial charge in [-0.05, 0) is 25.2 Å². The van der Waals surface area contributed by atoms with Crippen LogP contribution in [0.4, 0.5) is 0 Å². The van der Waals surface area contributed by atoms with Crippen molar-refractivity contribution in [3.8, 4) is 0 Å². The van der Waals surface area contributed by atoms with E-state index in [1.165, 1.54) is 0 Å². The Morgan fingerprint density at radius 1 is 1.67 bits per heavy atom. The Labute approximate surface area is 70.7 Å². The Balaban J connectivity index is 2.48. The highest BCUT2D eigenvalue weighted by molar-refractivity contribution is 5.21. The van der Waals surface area contributed by atoms with Crippen LogP contribution in [0.2, 0.25) is 0 Å². The third-order valence-electron chi connectivity index (χ3n) is 2.67. The number of rotatable bonds is 1. The van der Waals surface area contributed by atoms with Crippen LogP contribution in [0.1, 0.15) is 43.4 Å². The Kier molecular flexibility index (Phi) is 1.79. The average molecular weight is 167 g/mol. The molecule has 0 radical (unpaired) electrons. The second-order valence-corrected chi connectivity index (χ2v) is 3.37. The van der Waals surface area contributed by atoms with Crippen molar-refractivity contribution in [2.24, 2.45) is 0 Å². The number of aromatic nitrogens is 1. The summed E-state index contributed by atoms with van der Waals surface area (Å²) in [5.74, 6) is 1.31. The van der Waals surface area contributed by atoms with Crippen LogP contribution in [-0.2, 0) is 6.42 Å². The van der Waals surface area contributed by atoms with Crippen LogP contribution < -0.4 is 5.56 Å². The maximum atomic E-state index is 11.3. The summed E-state index contributed by atoms with van der Waals surface area (Å²) in [4.78, 5) is 11.3. The molecule has 3 nitrogen and oxygen atoms in total. The fourth-order valence-corrected chi connectivity index (χ4v) is 2.00. The molecular formula is C9H13NO2. The Bertz CT molecular complexity index is 324. The van der Waals surface area contributed by atoms with E-state index in [1.54, 1.807) is 0 Å². The first-order valence-corrected chi connectivity index (χ1v) is 4.53. The van der Waals surface area contributed by atoms with Crippen LogP contribution in [0.25, 0.3) is 0 Å². The minimum absolute atomic E-state index is 0.0171. The number of nitrogens with one attached hydrogen (secondary N) is 1. The smallest absolute Gasteiger partial charge is 0.283 e. The lowest BCUT2D eigenvalue weighted by molar-refractivity contribution is 0.361. The molecule has 1 atom stereocenters. The van der Waals surface area contributed by atoms with Crippen molar-refractivity contribution in [2.75, 3.05) is 0 Å². The van der Waals surface area contributed by atoms with Crippen molar-refractivity contribution >= 4 is 0 Å². The van der Waals surface area contributed by atoms with Crippen LogP contribution >= 0.6 is 0 Å². The second-order valence-electron chi connectivity index (χ2n) is 3.37. The molecule has 0 fully saturated rings. The van der Waals surface area contributed by atoms with Crippen molar-refractivity contribution < 1.29 is 4.52 Å². The van der Waals surface area contributed by atoms with Crippen LogP contribution in [0.15, 0.2) is 9.32 Å². The molecule has 0 saturated heterocycles. The molecule has 1 aliphatic carbocycles. The molecule has 0 bridgehead atoms. The van der Waals surface area contributed by atoms with Gasteiger partial charge in [-0.15, -0.1) is 0 Å². The van der Waals surface area contributed by atoms with Gasteiger partial charge in [0, 0.05) is 6.42 Å².